The van der Waals surface area contributed by atoms with Crippen molar-refractivity contribution in [3.05, 3.63) is 156 Å². The van der Waals surface area contributed by atoms with Crippen LogP contribution in [0.1, 0.15) is 92.8 Å². The number of anilines is 2. The van der Waals surface area contributed by atoms with Gasteiger partial charge in [0.25, 0.3) is 23.6 Å². The smallest absolute Gasteiger partial charge is 0.261 e. The molecule has 312 valence electrons. The molecule has 2 fully saturated rings. The second kappa shape index (κ2) is 17.8. The van der Waals surface area contributed by atoms with Crippen LogP contribution in [-0.2, 0) is 0 Å². The highest BCUT2D eigenvalue weighted by Gasteiger charge is 2.43. The zero-order valence-corrected chi connectivity index (χ0v) is 35.6. The summed E-state index contributed by atoms with van der Waals surface area (Å²) in [5.41, 5.74) is 4.20. The molecule has 0 aromatic heterocycles. The molecule has 10 rings (SSSR count). The molecule has 4 aliphatic rings. The fraction of sp³-hybridized carbons (Fsp3) is 0.240. The lowest BCUT2D eigenvalue weighted by Gasteiger charge is -2.41. The second-order valence-electron chi connectivity index (χ2n) is 16.2. The number of hydrogen-bond donors (Lipinski definition) is 4. The number of thiocarbonyl (C=S) groups is 2. The summed E-state index contributed by atoms with van der Waals surface area (Å²) in [6, 6.07) is 41.3. The third kappa shape index (κ3) is 8.03. The third-order valence-corrected chi connectivity index (χ3v) is 12.9. The molecule has 10 nitrogen and oxygen atoms in total. The van der Waals surface area contributed by atoms with Crippen LogP contribution in [0.25, 0.3) is 21.5 Å². The molecule has 0 saturated heterocycles. The highest BCUT2D eigenvalue weighted by Crippen LogP contribution is 2.36. The first-order chi connectivity index (χ1) is 30.3. The minimum absolute atomic E-state index is 0.0881. The Hall–Kier alpha value is -6.50. The van der Waals surface area contributed by atoms with Crippen molar-refractivity contribution in [3.63, 3.8) is 0 Å². The lowest BCUT2D eigenvalue weighted by Crippen LogP contribution is -2.58. The van der Waals surface area contributed by atoms with E-state index in [0.29, 0.717) is 32.5 Å². The van der Waals surface area contributed by atoms with Crippen LogP contribution in [0.3, 0.4) is 0 Å². The van der Waals surface area contributed by atoms with Gasteiger partial charge in [-0.3, -0.25) is 29.0 Å². The SMILES string of the molecule is O=C1c2cccc3cccc(c23)C(=O)N1[C@@H]1CCCC[C@H]1NC(=S)Nc1ccccc1.O=C1c2cccc3cccc(c23)C(=O)N1[C@@H]1CCCC[C@H]1NC(=S)Nc1ccccc1. The Morgan fingerprint density at radius 3 is 1.08 bits per heavy atom. The summed E-state index contributed by atoms with van der Waals surface area (Å²) < 4.78 is 0. The first kappa shape index (κ1) is 40.9. The number of amides is 4. The average Bonchev–Trinajstić information content (AvgIpc) is 3.29. The number of para-hydroxylation sites is 2. The first-order valence-corrected chi connectivity index (χ1v) is 22.1. The van der Waals surface area contributed by atoms with E-state index in [1.54, 1.807) is 0 Å². The molecule has 0 unspecified atom stereocenters. The highest BCUT2D eigenvalue weighted by molar-refractivity contribution is 7.80. The van der Waals surface area contributed by atoms with Crippen LogP contribution in [-0.4, -0.2) is 67.8 Å². The maximum absolute atomic E-state index is 13.5. The number of nitrogens with zero attached hydrogens (tertiary/aromatic N) is 2. The fourth-order valence-electron chi connectivity index (χ4n) is 9.59. The van der Waals surface area contributed by atoms with E-state index >= 15 is 0 Å². The second-order valence-corrected chi connectivity index (χ2v) is 17.0. The topological polar surface area (TPSA) is 123 Å². The average molecular weight is 859 g/mol. The lowest BCUT2D eigenvalue weighted by atomic mass is 9.86. The van der Waals surface area contributed by atoms with Crippen LogP contribution in [0.15, 0.2) is 133 Å². The fourth-order valence-corrected chi connectivity index (χ4v) is 10.1. The largest absolute Gasteiger partial charge is 0.358 e. The number of rotatable bonds is 6. The number of carbonyl (C=O) groups is 4. The Bertz CT molecular complexity index is 2440. The van der Waals surface area contributed by atoms with Gasteiger partial charge in [-0.05, 0) is 109 Å². The van der Waals surface area contributed by atoms with Gasteiger partial charge in [0.2, 0.25) is 0 Å². The number of carbonyl (C=O) groups excluding carboxylic acids is 4. The Morgan fingerprint density at radius 1 is 0.419 bits per heavy atom. The Labute approximate surface area is 371 Å². The molecule has 0 spiro atoms. The molecule has 6 aromatic carbocycles. The van der Waals surface area contributed by atoms with Crippen LogP contribution in [0.2, 0.25) is 0 Å². The van der Waals surface area contributed by atoms with Crippen molar-refractivity contribution in [2.45, 2.75) is 75.5 Å². The molecular formula is C50H46N6O4S2. The zero-order chi connectivity index (χ0) is 42.7. The Kier molecular flexibility index (Phi) is 11.8. The van der Waals surface area contributed by atoms with E-state index in [1.165, 1.54) is 9.80 Å². The van der Waals surface area contributed by atoms with Gasteiger partial charge >= 0.3 is 0 Å². The van der Waals surface area contributed by atoms with Crippen LogP contribution in [0.5, 0.6) is 0 Å². The zero-order valence-electron chi connectivity index (χ0n) is 34.0. The van der Waals surface area contributed by atoms with E-state index in [2.05, 4.69) is 21.3 Å². The summed E-state index contributed by atoms with van der Waals surface area (Å²) in [5.74, 6) is -0.852. The molecule has 62 heavy (non-hydrogen) atoms. The van der Waals surface area contributed by atoms with E-state index in [4.69, 9.17) is 24.4 Å². The van der Waals surface area contributed by atoms with E-state index in [-0.39, 0.29) is 47.8 Å². The molecule has 0 radical (unpaired) electrons. The third-order valence-electron chi connectivity index (χ3n) is 12.4. The van der Waals surface area contributed by atoms with E-state index in [1.807, 2.05) is 133 Å². The van der Waals surface area contributed by atoms with Crippen molar-refractivity contribution in [2.75, 3.05) is 10.6 Å². The van der Waals surface area contributed by atoms with Crippen molar-refractivity contribution in [3.8, 4) is 0 Å². The summed E-state index contributed by atoms with van der Waals surface area (Å²) in [7, 11) is 0. The Morgan fingerprint density at radius 2 is 0.742 bits per heavy atom. The normalized spacial score (nSPS) is 20.6. The molecular weight excluding hydrogens is 813 g/mol. The molecule has 4 N–H and O–H groups in total. The lowest BCUT2D eigenvalue weighted by molar-refractivity contribution is 0.0456. The van der Waals surface area contributed by atoms with Crippen molar-refractivity contribution < 1.29 is 19.2 Å². The van der Waals surface area contributed by atoms with Gasteiger partial charge in [0.15, 0.2) is 10.2 Å². The summed E-state index contributed by atoms with van der Waals surface area (Å²) in [5, 5.41) is 17.5. The minimum Gasteiger partial charge on any atom is -0.358 e. The molecule has 4 amide bonds. The van der Waals surface area contributed by atoms with Crippen LogP contribution < -0.4 is 21.3 Å². The van der Waals surface area contributed by atoms with Gasteiger partial charge in [-0.25, -0.2) is 0 Å². The maximum Gasteiger partial charge on any atom is 0.261 e. The highest BCUT2D eigenvalue weighted by atomic mass is 32.1. The van der Waals surface area contributed by atoms with E-state index in [0.717, 1.165) is 84.3 Å². The number of benzene rings is 6. The molecule has 0 bridgehead atoms. The summed E-state index contributed by atoms with van der Waals surface area (Å²) in [6.07, 6.45) is 7.25. The Balaban J connectivity index is 0.000000158. The van der Waals surface area contributed by atoms with Gasteiger partial charge < -0.3 is 21.3 Å². The van der Waals surface area contributed by atoms with Crippen molar-refractivity contribution in [1.29, 1.82) is 0 Å². The van der Waals surface area contributed by atoms with Crippen LogP contribution >= 0.6 is 24.4 Å². The van der Waals surface area contributed by atoms with Crippen molar-refractivity contribution >= 4 is 91.2 Å². The van der Waals surface area contributed by atoms with Gasteiger partial charge in [-0.2, -0.15) is 0 Å². The van der Waals surface area contributed by atoms with E-state index in [9.17, 15) is 19.2 Å². The van der Waals surface area contributed by atoms with E-state index < -0.39 is 0 Å². The monoisotopic (exact) mass is 858 g/mol. The molecule has 2 heterocycles. The number of imide groups is 2. The predicted octanol–water partition coefficient (Wildman–Crippen LogP) is 9.47. The predicted molar refractivity (Wildman–Crippen MR) is 253 cm³/mol. The molecule has 2 aliphatic carbocycles. The van der Waals surface area contributed by atoms with Gasteiger partial charge in [-0.15, -0.1) is 0 Å². The summed E-state index contributed by atoms with van der Waals surface area (Å²) >= 11 is 11.1. The maximum atomic E-state index is 13.5. The van der Waals surface area contributed by atoms with Crippen LogP contribution in [0.4, 0.5) is 11.4 Å². The van der Waals surface area contributed by atoms with Crippen molar-refractivity contribution in [1.82, 2.24) is 20.4 Å². The number of hydrogen-bond acceptors (Lipinski definition) is 6. The quantitative estimate of drug-likeness (QED) is 0.0952. The molecule has 2 aliphatic heterocycles. The summed E-state index contributed by atoms with van der Waals surface area (Å²) in [6.45, 7) is 0. The minimum atomic E-state index is -0.243. The van der Waals surface area contributed by atoms with Crippen molar-refractivity contribution in [2.24, 2.45) is 0 Å². The molecule has 6 aromatic rings. The van der Waals surface area contributed by atoms with Gasteiger partial charge in [0.1, 0.15) is 0 Å². The van der Waals surface area contributed by atoms with Gasteiger partial charge in [0.05, 0.1) is 12.1 Å². The molecule has 2 saturated carbocycles. The molecule has 12 heteroatoms. The number of nitrogens with one attached hydrogen (secondary N) is 4. The first-order valence-electron chi connectivity index (χ1n) is 21.3. The summed E-state index contributed by atoms with van der Waals surface area (Å²) in [4.78, 5) is 56.8. The molecule has 4 atom stereocenters. The van der Waals surface area contributed by atoms with Gasteiger partial charge in [0, 0.05) is 56.5 Å². The van der Waals surface area contributed by atoms with Gasteiger partial charge in [-0.1, -0.05) is 111 Å². The van der Waals surface area contributed by atoms with Crippen LogP contribution in [0, 0.1) is 0 Å². The standard InChI is InChI=1S/2C25H23N3O2S/c2*29-23-18-12-6-8-16-9-7-13-19(22(16)18)24(30)28(23)21-15-5-4-14-20(21)27-25(31)26-17-10-2-1-3-11-17/h2*1-3,6-13,20-21H,4-5,14-15H2,(H2,26,27,31)/t2*20-,21-/m11/s1.